The van der Waals surface area contributed by atoms with Crippen LogP contribution in [0.4, 0.5) is 5.69 Å². The van der Waals surface area contributed by atoms with Crippen molar-refractivity contribution in [2.24, 2.45) is 0 Å². The van der Waals surface area contributed by atoms with Gasteiger partial charge < -0.3 is 10.1 Å². The van der Waals surface area contributed by atoms with Crippen LogP contribution >= 0.6 is 46.1 Å². The maximum Gasteiger partial charge on any atom is 0.338 e. The zero-order valence-electron chi connectivity index (χ0n) is 13.3. The molecule has 9 heteroatoms. The van der Waals surface area contributed by atoms with E-state index in [1.54, 1.807) is 23.7 Å². The average molecular weight is 430 g/mol. The number of nitrogens with zero attached hydrogens (tertiary/aromatic N) is 1. The number of amides is 1. The average Bonchev–Trinajstić information content (AvgIpc) is 3.05. The standard InChI is InChI=1S/C17H11Cl3N2O3S/c1-8(16(23)22-15-11(19)5-10(18)6-12(15)20)25-17(24)9-2-3-13-14(4-9)26-7-21-13/h2-8H,1H3,(H,22,23)/t8-/m1/s1. The minimum absolute atomic E-state index is 0.185. The van der Waals surface area contributed by atoms with E-state index in [2.05, 4.69) is 10.3 Å². The highest BCUT2D eigenvalue weighted by Crippen LogP contribution is 2.33. The number of benzene rings is 2. The van der Waals surface area contributed by atoms with Crippen molar-refractivity contribution < 1.29 is 14.3 Å². The third-order valence-corrected chi connectivity index (χ3v) is 5.08. The lowest BCUT2D eigenvalue weighted by molar-refractivity contribution is -0.123. The van der Waals surface area contributed by atoms with E-state index in [1.807, 2.05) is 0 Å². The second-order valence-electron chi connectivity index (χ2n) is 5.32. The molecule has 0 saturated carbocycles. The lowest BCUT2D eigenvalue weighted by Crippen LogP contribution is -2.30. The molecule has 0 fully saturated rings. The van der Waals surface area contributed by atoms with Gasteiger partial charge in [-0.3, -0.25) is 4.79 Å². The molecule has 0 spiro atoms. The minimum Gasteiger partial charge on any atom is -0.449 e. The molecule has 1 atom stereocenters. The number of thiazole rings is 1. The summed E-state index contributed by atoms with van der Waals surface area (Å²) in [5, 5.41) is 3.26. The molecule has 1 N–H and O–H groups in total. The Morgan fingerprint density at radius 3 is 2.54 bits per heavy atom. The highest BCUT2D eigenvalue weighted by Gasteiger charge is 2.21. The monoisotopic (exact) mass is 428 g/mol. The second kappa shape index (κ2) is 7.80. The SMILES string of the molecule is C[C@@H](OC(=O)c1ccc2ncsc2c1)C(=O)Nc1c(Cl)cc(Cl)cc1Cl. The van der Waals surface area contributed by atoms with Gasteiger partial charge in [0.1, 0.15) is 0 Å². The molecule has 1 heterocycles. The number of nitrogens with one attached hydrogen (secondary N) is 1. The number of carbonyl (C=O) groups excluding carboxylic acids is 2. The first kappa shape index (κ1) is 18.9. The van der Waals surface area contributed by atoms with Crippen molar-refractivity contribution in [1.82, 2.24) is 4.98 Å². The molecule has 26 heavy (non-hydrogen) atoms. The fraction of sp³-hybridized carbons (Fsp3) is 0.118. The van der Waals surface area contributed by atoms with Crippen molar-refractivity contribution in [2.75, 3.05) is 5.32 Å². The van der Waals surface area contributed by atoms with Crippen LogP contribution < -0.4 is 5.32 Å². The molecule has 0 aliphatic rings. The van der Waals surface area contributed by atoms with Gasteiger partial charge in [0.25, 0.3) is 5.91 Å². The molecule has 3 aromatic rings. The second-order valence-corrected chi connectivity index (χ2v) is 7.45. The van der Waals surface area contributed by atoms with Gasteiger partial charge >= 0.3 is 5.97 Å². The van der Waals surface area contributed by atoms with Crippen LogP contribution in [-0.4, -0.2) is 23.0 Å². The van der Waals surface area contributed by atoms with Crippen molar-refractivity contribution >= 4 is 73.9 Å². The van der Waals surface area contributed by atoms with Crippen molar-refractivity contribution in [3.8, 4) is 0 Å². The van der Waals surface area contributed by atoms with E-state index < -0.39 is 18.0 Å². The molecule has 0 saturated heterocycles. The summed E-state index contributed by atoms with van der Waals surface area (Å²) in [5.41, 5.74) is 3.03. The number of esters is 1. The Bertz CT molecular complexity index is 983. The molecule has 0 aliphatic heterocycles. The molecule has 0 aliphatic carbocycles. The molecule has 2 aromatic carbocycles. The van der Waals surface area contributed by atoms with E-state index in [0.717, 1.165) is 10.2 Å². The number of rotatable bonds is 4. The molecule has 0 unspecified atom stereocenters. The molecule has 0 radical (unpaired) electrons. The molecule has 1 aromatic heterocycles. The predicted molar refractivity (Wildman–Crippen MR) is 105 cm³/mol. The summed E-state index contributed by atoms with van der Waals surface area (Å²) in [6.07, 6.45) is -1.05. The Balaban J connectivity index is 1.70. The number of halogens is 3. The zero-order chi connectivity index (χ0) is 18.8. The number of aromatic nitrogens is 1. The van der Waals surface area contributed by atoms with Gasteiger partial charge in [-0.05, 0) is 37.3 Å². The molecular formula is C17H11Cl3N2O3S. The zero-order valence-corrected chi connectivity index (χ0v) is 16.3. The van der Waals surface area contributed by atoms with Crippen molar-refractivity contribution in [3.63, 3.8) is 0 Å². The van der Waals surface area contributed by atoms with Crippen LogP contribution in [0.25, 0.3) is 10.2 Å². The van der Waals surface area contributed by atoms with Gasteiger partial charge in [-0.25, -0.2) is 9.78 Å². The van der Waals surface area contributed by atoms with E-state index >= 15 is 0 Å². The smallest absolute Gasteiger partial charge is 0.338 e. The Kier molecular flexibility index (Phi) is 5.67. The van der Waals surface area contributed by atoms with E-state index in [9.17, 15) is 9.59 Å². The van der Waals surface area contributed by atoms with Gasteiger partial charge in [-0.15, -0.1) is 11.3 Å². The van der Waals surface area contributed by atoms with Gasteiger partial charge in [0, 0.05) is 5.02 Å². The summed E-state index contributed by atoms with van der Waals surface area (Å²) in [7, 11) is 0. The summed E-state index contributed by atoms with van der Waals surface area (Å²) < 4.78 is 6.08. The molecule has 3 rings (SSSR count). The summed E-state index contributed by atoms with van der Waals surface area (Å²) >= 11 is 19.3. The highest BCUT2D eigenvalue weighted by molar-refractivity contribution is 7.16. The van der Waals surface area contributed by atoms with Gasteiger partial charge in [-0.2, -0.15) is 0 Å². The maximum atomic E-state index is 12.3. The summed E-state index contributed by atoms with van der Waals surface area (Å²) in [6.45, 7) is 1.45. The number of hydrogen-bond acceptors (Lipinski definition) is 5. The lowest BCUT2D eigenvalue weighted by Gasteiger charge is -2.15. The van der Waals surface area contributed by atoms with Crippen LogP contribution in [0.2, 0.25) is 15.1 Å². The molecule has 5 nitrogen and oxygen atoms in total. The van der Waals surface area contributed by atoms with E-state index in [1.165, 1.54) is 30.4 Å². The fourth-order valence-corrected chi connectivity index (χ4v) is 3.78. The first-order chi connectivity index (χ1) is 12.3. The Labute approximate surface area is 167 Å². The number of fused-ring (bicyclic) bond motifs is 1. The van der Waals surface area contributed by atoms with Crippen LogP contribution in [0.15, 0.2) is 35.8 Å². The van der Waals surface area contributed by atoms with Crippen molar-refractivity contribution in [1.29, 1.82) is 0 Å². The Morgan fingerprint density at radius 2 is 1.85 bits per heavy atom. The summed E-state index contributed by atoms with van der Waals surface area (Å²) in [4.78, 5) is 28.7. The maximum absolute atomic E-state index is 12.3. The molecule has 1 amide bonds. The van der Waals surface area contributed by atoms with Crippen molar-refractivity contribution in [3.05, 3.63) is 56.5 Å². The normalized spacial score (nSPS) is 12.0. The van der Waals surface area contributed by atoms with Crippen molar-refractivity contribution in [2.45, 2.75) is 13.0 Å². The van der Waals surface area contributed by atoms with E-state index in [4.69, 9.17) is 39.5 Å². The number of hydrogen-bond donors (Lipinski definition) is 1. The van der Waals surface area contributed by atoms with Crippen LogP contribution in [0.5, 0.6) is 0 Å². The minimum atomic E-state index is -1.05. The summed E-state index contributed by atoms with van der Waals surface area (Å²) in [6, 6.07) is 7.90. The molecule has 0 bridgehead atoms. The van der Waals surface area contributed by atoms with Gasteiger partial charge in [-0.1, -0.05) is 34.8 Å². The van der Waals surface area contributed by atoms with Gasteiger partial charge in [0.15, 0.2) is 6.10 Å². The topological polar surface area (TPSA) is 68.3 Å². The Hall–Kier alpha value is -1.86. The highest BCUT2D eigenvalue weighted by atomic mass is 35.5. The third kappa shape index (κ3) is 4.10. The molecule has 134 valence electrons. The van der Waals surface area contributed by atoms with E-state index in [0.29, 0.717) is 10.6 Å². The van der Waals surface area contributed by atoms with Gasteiger partial charge in [0.2, 0.25) is 0 Å². The predicted octanol–water partition coefficient (Wildman–Crippen LogP) is 5.44. The van der Waals surface area contributed by atoms with Gasteiger partial charge in [0.05, 0.1) is 37.0 Å². The van der Waals surface area contributed by atoms with Crippen LogP contribution in [-0.2, 0) is 9.53 Å². The van der Waals surface area contributed by atoms with Crippen LogP contribution in [0.3, 0.4) is 0 Å². The van der Waals surface area contributed by atoms with Crippen LogP contribution in [0.1, 0.15) is 17.3 Å². The van der Waals surface area contributed by atoms with Crippen LogP contribution in [0, 0.1) is 0 Å². The van der Waals surface area contributed by atoms with E-state index in [-0.39, 0.29) is 15.7 Å². The third-order valence-electron chi connectivity index (χ3n) is 3.48. The fourth-order valence-electron chi connectivity index (χ4n) is 2.15. The summed E-state index contributed by atoms with van der Waals surface area (Å²) in [5.74, 6) is -1.18. The lowest BCUT2D eigenvalue weighted by atomic mass is 10.2. The molecular weight excluding hydrogens is 419 g/mol. The number of carbonyl (C=O) groups is 2. The first-order valence-corrected chi connectivity index (χ1v) is 9.36. The number of anilines is 1. The largest absolute Gasteiger partial charge is 0.449 e. The Morgan fingerprint density at radius 1 is 1.15 bits per heavy atom. The number of ether oxygens (including phenoxy) is 1. The quantitative estimate of drug-likeness (QED) is 0.561. The first-order valence-electron chi connectivity index (χ1n) is 7.35.